The molecule has 0 aliphatic heterocycles. The third-order valence-electron chi connectivity index (χ3n) is 4.90. The Kier molecular flexibility index (Phi) is 6.96. The van der Waals surface area contributed by atoms with Gasteiger partial charge in [-0.1, -0.05) is 26.7 Å². The van der Waals surface area contributed by atoms with E-state index < -0.39 is 0 Å². The molecule has 0 aromatic carbocycles. The van der Waals surface area contributed by atoms with E-state index in [0.717, 1.165) is 25.3 Å². The molecule has 0 saturated heterocycles. The van der Waals surface area contributed by atoms with Gasteiger partial charge in [-0.05, 0) is 52.2 Å². The van der Waals surface area contributed by atoms with E-state index in [0.29, 0.717) is 6.54 Å². The van der Waals surface area contributed by atoms with Gasteiger partial charge in [0, 0.05) is 18.0 Å². The first-order chi connectivity index (χ1) is 9.41. The minimum atomic E-state index is 0.0683. The van der Waals surface area contributed by atoms with E-state index in [1.165, 1.54) is 25.7 Å². The lowest BCUT2D eigenvalue weighted by atomic mass is 9.75. The second kappa shape index (κ2) is 7.99. The van der Waals surface area contributed by atoms with E-state index in [-0.39, 0.29) is 17.4 Å². The molecule has 3 unspecified atom stereocenters. The summed E-state index contributed by atoms with van der Waals surface area (Å²) in [5.74, 6) is 0.995. The van der Waals surface area contributed by atoms with E-state index >= 15 is 0 Å². The molecule has 1 amide bonds. The highest BCUT2D eigenvalue weighted by molar-refractivity contribution is 5.78. The molecule has 20 heavy (non-hydrogen) atoms. The fourth-order valence-corrected chi connectivity index (χ4v) is 3.34. The van der Waals surface area contributed by atoms with Crippen LogP contribution in [0.3, 0.4) is 0 Å². The zero-order chi connectivity index (χ0) is 15.2. The Morgan fingerprint density at radius 2 is 2.20 bits per heavy atom. The van der Waals surface area contributed by atoms with Gasteiger partial charge in [0.1, 0.15) is 0 Å². The lowest BCUT2D eigenvalue weighted by Gasteiger charge is -2.45. The lowest BCUT2D eigenvalue weighted by Crippen LogP contribution is -2.55. The van der Waals surface area contributed by atoms with Crippen LogP contribution in [0.2, 0.25) is 0 Å². The minimum absolute atomic E-state index is 0.0683. The molecule has 1 fully saturated rings. The van der Waals surface area contributed by atoms with Crippen molar-refractivity contribution in [2.45, 2.75) is 57.9 Å². The van der Waals surface area contributed by atoms with Crippen molar-refractivity contribution in [2.24, 2.45) is 17.6 Å². The van der Waals surface area contributed by atoms with Crippen molar-refractivity contribution in [2.75, 3.05) is 27.2 Å². The largest absolute Gasteiger partial charge is 0.354 e. The number of carbonyl (C=O) groups excluding carboxylic acids is 1. The van der Waals surface area contributed by atoms with Gasteiger partial charge in [-0.3, -0.25) is 4.79 Å². The van der Waals surface area contributed by atoms with E-state index in [9.17, 15) is 4.79 Å². The summed E-state index contributed by atoms with van der Waals surface area (Å²) in [6.45, 7) is 5.76. The van der Waals surface area contributed by atoms with Crippen molar-refractivity contribution < 1.29 is 4.79 Å². The van der Waals surface area contributed by atoms with Crippen LogP contribution in [0.4, 0.5) is 0 Å². The Morgan fingerprint density at radius 3 is 2.75 bits per heavy atom. The van der Waals surface area contributed by atoms with E-state index in [1.54, 1.807) is 0 Å². The standard InChI is InChI=1S/C16H33N3O/c1-13-7-5-9-16(11-13,19(3)4)12-18-15(20)14(2)8-6-10-17/h13-14H,5-12,17H2,1-4H3,(H,18,20). The van der Waals surface area contributed by atoms with Crippen LogP contribution < -0.4 is 11.1 Å². The summed E-state index contributed by atoms with van der Waals surface area (Å²) in [5, 5.41) is 3.18. The predicted octanol–water partition coefficient (Wildman–Crippen LogP) is 1.99. The van der Waals surface area contributed by atoms with Gasteiger partial charge < -0.3 is 16.0 Å². The smallest absolute Gasteiger partial charge is 0.222 e. The molecule has 0 radical (unpaired) electrons. The number of hydrogen-bond acceptors (Lipinski definition) is 3. The van der Waals surface area contributed by atoms with Crippen LogP contribution in [0.1, 0.15) is 52.4 Å². The first-order valence-electron chi connectivity index (χ1n) is 8.06. The highest BCUT2D eigenvalue weighted by Gasteiger charge is 2.37. The zero-order valence-electron chi connectivity index (χ0n) is 13.7. The molecule has 4 heteroatoms. The van der Waals surface area contributed by atoms with E-state index in [4.69, 9.17) is 5.73 Å². The van der Waals surface area contributed by atoms with Crippen molar-refractivity contribution in [3.8, 4) is 0 Å². The van der Waals surface area contributed by atoms with Crippen LogP contribution in [0.25, 0.3) is 0 Å². The minimum Gasteiger partial charge on any atom is -0.354 e. The predicted molar refractivity (Wildman–Crippen MR) is 84.5 cm³/mol. The van der Waals surface area contributed by atoms with Crippen LogP contribution in [0.15, 0.2) is 0 Å². The van der Waals surface area contributed by atoms with Gasteiger partial charge in [0.05, 0.1) is 0 Å². The fraction of sp³-hybridized carbons (Fsp3) is 0.938. The number of nitrogens with zero attached hydrogens (tertiary/aromatic N) is 1. The average Bonchev–Trinajstić information content (AvgIpc) is 2.41. The van der Waals surface area contributed by atoms with Gasteiger partial charge >= 0.3 is 0 Å². The summed E-state index contributed by atoms with van der Waals surface area (Å²) in [4.78, 5) is 14.5. The summed E-state index contributed by atoms with van der Waals surface area (Å²) < 4.78 is 0. The summed E-state index contributed by atoms with van der Waals surface area (Å²) in [6.07, 6.45) is 6.74. The lowest BCUT2D eigenvalue weighted by molar-refractivity contribution is -0.125. The molecule has 0 spiro atoms. The van der Waals surface area contributed by atoms with Crippen molar-refractivity contribution >= 4 is 5.91 Å². The fourth-order valence-electron chi connectivity index (χ4n) is 3.34. The maximum Gasteiger partial charge on any atom is 0.222 e. The summed E-state index contributed by atoms with van der Waals surface area (Å²) in [7, 11) is 4.28. The number of carbonyl (C=O) groups is 1. The quantitative estimate of drug-likeness (QED) is 0.751. The van der Waals surface area contributed by atoms with Gasteiger partial charge in [-0.25, -0.2) is 0 Å². The van der Waals surface area contributed by atoms with Gasteiger partial charge in [0.2, 0.25) is 5.91 Å². The maximum absolute atomic E-state index is 12.2. The van der Waals surface area contributed by atoms with Crippen LogP contribution in [-0.4, -0.2) is 43.5 Å². The molecule has 0 aromatic heterocycles. The molecule has 1 aliphatic carbocycles. The molecule has 3 N–H and O–H groups in total. The molecule has 4 nitrogen and oxygen atoms in total. The molecule has 1 rings (SSSR count). The number of amides is 1. The van der Waals surface area contributed by atoms with Crippen LogP contribution in [-0.2, 0) is 4.79 Å². The van der Waals surface area contributed by atoms with Crippen LogP contribution >= 0.6 is 0 Å². The molecule has 1 saturated carbocycles. The Morgan fingerprint density at radius 1 is 1.50 bits per heavy atom. The van der Waals surface area contributed by atoms with Crippen molar-refractivity contribution in [1.29, 1.82) is 0 Å². The summed E-state index contributed by atoms with van der Waals surface area (Å²) >= 11 is 0. The highest BCUT2D eigenvalue weighted by Crippen LogP contribution is 2.35. The highest BCUT2D eigenvalue weighted by atomic mass is 16.1. The van der Waals surface area contributed by atoms with Gasteiger partial charge in [-0.15, -0.1) is 0 Å². The summed E-state index contributed by atoms with van der Waals surface area (Å²) in [6, 6.07) is 0. The Balaban J connectivity index is 2.52. The summed E-state index contributed by atoms with van der Waals surface area (Å²) in [5.41, 5.74) is 5.65. The van der Waals surface area contributed by atoms with Gasteiger partial charge in [0.15, 0.2) is 0 Å². The number of nitrogens with one attached hydrogen (secondary N) is 1. The van der Waals surface area contributed by atoms with Crippen molar-refractivity contribution in [3.63, 3.8) is 0 Å². The topological polar surface area (TPSA) is 58.4 Å². The molecule has 0 bridgehead atoms. The van der Waals surface area contributed by atoms with Crippen LogP contribution in [0, 0.1) is 11.8 Å². The molecule has 1 aliphatic rings. The first kappa shape index (κ1) is 17.4. The van der Waals surface area contributed by atoms with E-state index in [1.807, 2.05) is 6.92 Å². The molecule has 118 valence electrons. The number of likely N-dealkylation sites (N-methyl/N-ethyl adjacent to an activating group) is 1. The molecule has 0 heterocycles. The van der Waals surface area contributed by atoms with Gasteiger partial charge in [0.25, 0.3) is 0 Å². The van der Waals surface area contributed by atoms with Gasteiger partial charge in [-0.2, -0.15) is 0 Å². The molecule has 0 aromatic rings. The zero-order valence-corrected chi connectivity index (χ0v) is 13.7. The second-order valence-corrected chi connectivity index (χ2v) is 6.87. The first-order valence-corrected chi connectivity index (χ1v) is 8.06. The number of rotatable bonds is 7. The molecular formula is C16H33N3O. The normalized spacial score (nSPS) is 28.4. The third-order valence-corrected chi connectivity index (χ3v) is 4.90. The Bertz CT molecular complexity index is 306. The Labute approximate surface area is 124 Å². The molecular weight excluding hydrogens is 250 g/mol. The van der Waals surface area contributed by atoms with Crippen LogP contribution in [0.5, 0.6) is 0 Å². The SMILES string of the molecule is CC1CCCC(CNC(=O)C(C)CCCN)(N(C)C)C1. The average molecular weight is 283 g/mol. The van der Waals surface area contributed by atoms with E-state index in [2.05, 4.69) is 31.2 Å². The third kappa shape index (κ3) is 4.74. The monoisotopic (exact) mass is 283 g/mol. The second-order valence-electron chi connectivity index (χ2n) is 6.87. The number of nitrogens with two attached hydrogens (primary N) is 1. The Hall–Kier alpha value is -0.610. The molecule has 3 atom stereocenters. The van der Waals surface area contributed by atoms with Crippen molar-refractivity contribution in [1.82, 2.24) is 10.2 Å². The number of hydrogen-bond donors (Lipinski definition) is 2. The maximum atomic E-state index is 12.2. The van der Waals surface area contributed by atoms with Crippen molar-refractivity contribution in [3.05, 3.63) is 0 Å².